The summed E-state index contributed by atoms with van der Waals surface area (Å²) in [5.41, 5.74) is 3.42. The maximum atomic E-state index is 12.5. The van der Waals surface area contributed by atoms with Gasteiger partial charge < -0.3 is 19.7 Å². The van der Waals surface area contributed by atoms with Crippen LogP contribution in [0.2, 0.25) is 0 Å². The molecule has 148 valence electrons. The highest BCUT2D eigenvalue weighted by molar-refractivity contribution is 5.74. The van der Waals surface area contributed by atoms with Gasteiger partial charge in [-0.3, -0.25) is 4.98 Å². The van der Waals surface area contributed by atoms with Crippen molar-refractivity contribution in [3.63, 3.8) is 0 Å². The Kier molecular flexibility index (Phi) is 5.76. The van der Waals surface area contributed by atoms with E-state index < -0.39 is 0 Å². The largest absolute Gasteiger partial charge is 0.490 e. The SMILES string of the molecule is CC1Cc2cc(CNC(=O)N3CCC(OCc4cccnc4)CC3)ccc2O1. The third-order valence-corrected chi connectivity index (χ3v) is 5.34. The van der Waals surface area contributed by atoms with Gasteiger partial charge in [-0.15, -0.1) is 0 Å². The van der Waals surface area contributed by atoms with E-state index in [2.05, 4.69) is 23.3 Å². The van der Waals surface area contributed by atoms with Crippen LogP contribution >= 0.6 is 0 Å². The van der Waals surface area contributed by atoms with Crippen LogP contribution in [0, 0.1) is 0 Å². The molecule has 1 N–H and O–H groups in total. The van der Waals surface area contributed by atoms with Crippen molar-refractivity contribution < 1.29 is 14.3 Å². The average molecular weight is 381 g/mol. The number of pyridine rings is 1. The first-order chi connectivity index (χ1) is 13.7. The van der Waals surface area contributed by atoms with E-state index in [4.69, 9.17) is 9.47 Å². The fourth-order valence-electron chi connectivity index (χ4n) is 3.80. The summed E-state index contributed by atoms with van der Waals surface area (Å²) in [4.78, 5) is 18.5. The quantitative estimate of drug-likeness (QED) is 0.863. The van der Waals surface area contributed by atoms with Crippen LogP contribution in [0.15, 0.2) is 42.7 Å². The van der Waals surface area contributed by atoms with E-state index in [1.54, 1.807) is 6.20 Å². The number of fused-ring (bicyclic) bond motifs is 1. The first kappa shape index (κ1) is 18.7. The van der Waals surface area contributed by atoms with E-state index in [-0.39, 0.29) is 18.2 Å². The van der Waals surface area contributed by atoms with Crippen LogP contribution in [0.4, 0.5) is 4.79 Å². The lowest BCUT2D eigenvalue weighted by Gasteiger charge is -2.32. The summed E-state index contributed by atoms with van der Waals surface area (Å²) < 4.78 is 11.7. The number of benzene rings is 1. The molecule has 2 aliphatic heterocycles. The Morgan fingerprint density at radius 2 is 2.14 bits per heavy atom. The zero-order valence-electron chi connectivity index (χ0n) is 16.3. The second-order valence-corrected chi connectivity index (χ2v) is 7.59. The molecule has 6 heteroatoms. The minimum absolute atomic E-state index is 0.00386. The van der Waals surface area contributed by atoms with E-state index >= 15 is 0 Å². The van der Waals surface area contributed by atoms with Crippen molar-refractivity contribution in [1.29, 1.82) is 0 Å². The summed E-state index contributed by atoms with van der Waals surface area (Å²) in [6.45, 7) is 4.63. The van der Waals surface area contributed by atoms with Gasteiger partial charge in [0.15, 0.2) is 0 Å². The molecule has 2 amide bonds. The zero-order chi connectivity index (χ0) is 19.3. The average Bonchev–Trinajstić information content (AvgIpc) is 3.11. The van der Waals surface area contributed by atoms with Crippen molar-refractivity contribution in [3.8, 4) is 5.75 Å². The van der Waals surface area contributed by atoms with Gasteiger partial charge in [0.2, 0.25) is 0 Å². The minimum Gasteiger partial charge on any atom is -0.490 e. The number of carbonyl (C=O) groups is 1. The number of ether oxygens (including phenoxy) is 2. The summed E-state index contributed by atoms with van der Waals surface area (Å²) in [7, 11) is 0. The van der Waals surface area contributed by atoms with Gasteiger partial charge >= 0.3 is 6.03 Å². The van der Waals surface area contributed by atoms with Crippen molar-refractivity contribution in [1.82, 2.24) is 15.2 Å². The Bertz CT molecular complexity index is 804. The fraction of sp³-hybridized carbons (Fsp3) is 0.455. The van der Waals surface area contributed by atoms with Gasteiger partial charge in [-0.25, -0.2) is 4.79 Å². The Morgan fingerprint density at radius 1 is 1.29 bits per heavy atom. The van der Waals surface area contributed by atoms with Gasteiger partial charge in [0.1, 0.15) is 11.9 Å². The molecule has 1 aromatic carbocycles. The van der Waals surface area contributed by atoms with Crippen LogP contribution in [0.3, 0.4) is 0 Å². The van der Waals surface area contributed by atoms with Crippen molar-refractivity contribution >= 4 is 6.03 Å². The van der Waals surface area contributed by atoms with Gasteiger partial charge in [-0.05, 0) is 48.6 Å². The van der Waals surface area contributed by atoms with Crippen molar-refractivity contribution in [2.24, 2.45) is 0 Å². The Labute approximate surface area is 165 Å². The van der Waals surface area contributed by atoms with Gasteiger partial charge in [0.25, 0.3) is 0 Å². The first-order valence-electron chi connectivity index (χ1n) is 9.99. The molecule has 4 rings (SSSR count). The summed E-state index contributed by atoms with van der Waals surface area (Å²) in [6.07, 6.45) is 6.68. The topological polar surface area (TPSA) is 63.7 Å². The molecule has 28 heavy (non-hydrogen) atoms. The molecule has 0 radical (unpaired) electrons. The predicted molar refractivity (Wildman–Crippen MR) is 106 cm³/mol. The zero-order valence-corrected chi connectivity index (χ0v) is 16.3. The number of amides is 2. The van der Waals surface area contributed by atoms with Gasteiger partial charge in [-0.2, -0.15) is 0 Å². The number of hydrogen-bond donors (Lipinski definition) is 1. The molecule has 0 spiro atoms. The van der Waals surface area contributed by atoms with Gasteiger partial charge in [0, 0.05) is 38.4 Å². The summed E-state index contributed by atoms with van der Waals surface area (Å²) in [5, 5.41) is 3.04. The highest BCUT2D eigenvalue weighted by atomic mass is 16.5. The molecule has 0 aliphatic carbocycles. The number of nitrogens with zero attached hydrogens (tertiary/aromatic N) is 2. The molecular weight excluding hydrogens is 354 g/mol. The Balaban J connectivity index is 1.20. The third kappa shape index (κ3) is 4.62. The lowest BCUT2D eigenvalue weighted by Crippen LogP contribution is -2.45. The molecule has 1 atom stereocenters. The van der Waals surface area contributed by atoms with Crippen molar-refractivity contribution in [2.75, 3.05) is 13.1 Å². The molecule has 0 bridgehead atoms. The first-order valence-corrected chi connectivity index (χ1v) is 9.99. The van der Waals surface area contributed by atoms with E-state index in [9.17, 15) is 4.79 Å². The molecule has 0 saturated carbocycles. The lowest BCUT2D eigenvalue weighted by molar-refractivity contribution is 0.00434. The highest BCUT2D eigenvalue weighted by Crippen LogP contribution is 2.29. The second-order valence-electron chi connectivity index (χ2n) is 7.59. The predicted octanol–water partition coefficient (Wildman–Crippen LogP) is 3.30. The molecule has 6 nitrogen and oxygen atoms in total. The minimum atomic E-state index is -0.00386. The van der Waals surface area contributed by atoms with E-state index in [0.717, 1.165) is 49.2 Å². The molecular formula is C22H27N3O3. The highest BCUT2D eigenvalue weighted by Gasteiger charge is 2.23. The molecule has 2 aromatic rings. The Hall–Kier alpha value is -2.60. The number of likely N-dealkylation sites (tertiary alicyclic amines) is 1. The van der Waals surface area contributed by atoms with Crippen LogP contribution in [-0.2, 0) is 24.3 Å². The van der Waals surface area contributed by atoms with Crippen LogP contribution in [-0.4, -0.2) is 41.2 Å². The number of piperidine rings is 1. The molecule has 1 aromatic heterocycles. The smallest absolute Gasteiger partial charge is 0.317 e. The van der Waals surface area contributed by atoms with E-state index in [1.807, 2.05) is 35.4 Å². The lowest BCUT2D eigenvalue weighted by atomic mass is 10.1. The van der Waals surface area contributed by atoms with Crippen LogP contribution in [0.5, 0.6) is 5.75 Å². The second kappa shape index (κ2) is 8.61. The number of nitrogens with one attached hydrogen (secondary N) is 1. The number of rotatable bonds is 5. The fourth-order valence-corrected chi connectivity index (χ4v) is 3.80. The van der Waals surface area contributed by atoms with Crippen LogP contribution in [0.25, 0.3) is 0 Å². The van der Waals surface area contributed by atoms with Crippen molar-refractivity contribution in [2.45, 2.75) is 51.5 Å². The molecule has 1 fully saturated rings. The molecule has 1 unspecified atom stereocenters. The molecule has 2 aliphatic rings. The van der Waals surface area contributed by atoms with Crippen LogP contribution < -0.4 is 10.1 Å². The number of hydrogen-bond acceptors (Lipinski definition) is 4. The van der Waals surface area contributed by atoms with Crippen LogP contribution in [0.1, 0.15) is 36.5 Å². The molecule has 1 saturated heterocycles. The summed E-state index contributed by atoms with van der Waals surface area (Å²) in [5.74, 6) is 0.968. The van der Waals surface area contributed by atoms with Gasteiger partial charge in [0.05, 0.1) is 12.7 Å². The number of urea groups is 1. The summed E-state index contributed by atoms with van der Waals surface area (Å²) >= 11 is 0. The van der Waals surface area contributed by atoms with E-state index in [1.165, 1.54) is 5.56 Å². The maximum absolute atomic E-state index is 12.5. The van der Waals surface area contributed by atoms with Crippen molar-refractivity contribution in [3.05, 3.63) is 59.4 Å². The normalized spacial score (nSPS) is 19.2. The number of aromatic nitrogens is 1. The molecule has 3 heterocycles. The maximum Gasteiger partial charge on any atom is 0.317 e. The van der Waals surface area contributed by atoms with E-state index in [0.29, 0.717) is 13.2 Å². The number of carbonyl (C=O) groups excluding carboxylic acids is 1. The summed E-state index contributed by atoms with van der Waals surface area (Å²) in [6, 6.07) is 10.1. The standard InChI is InChI=1S/C22H27N3O3/c1-16-11-19-12-17(4-5-21(19)28-16)14-24-22(26)25-9-6-20(7-10-25)27-15-18-3-2-8-23-13-18/h2-5,8,12-13,16,20H,6-7,9-11,14-15H2,1H3,(H,24,26). The Morgan fingerprint density at radius 3 is 2.93 bits per heavy atom. The third-order valence-electron chi connectivity index (χ3n) is 5.34. The monoisotopic (exact) mass is 381 g/mol. The van der Waals surface area contributed by atoms with Gasteiger partial charge in [-0.1, -0.05) is 18.2 Å².